The van der Waals surface area contributed by atoms with Crippen molar-refractivity contribution in [2.45, 2.75) is 19.9 Å². The smallest absolute Gasteiger partial charge is 0.233 e. The molecule has 4 nitrogen and oxygen atoms in total. The van der Waals surface area contributed by atoms with Crippen LogP contribution in [0.5, 0.6) is 0 Å². The molecular formula is C17H17BrN2O2. The highest BCUT2D eigenvalue weighted by Gasteiger charge is 2.11. The fourth-order valence-electron chi connectivity index (χ4n) is 1.97. The van der Waals surface area contributed by atoms with Crippen LogP contribution in [0.25, 0.3) is 0 Å². The lowest BCUT2D eigenvalue weighted by atomic mass is 10.1. The second-order valence-corrected chi connectivity index (χ2v) is 5.76. The van der Waals surface area contributed by atoms with Crippen molar-refractivity contribution in [3.63, 3.8) is 0 Å². The van der Waals surface area contributed by atoms with Gasteiger partial charge < -0.3 is 10.6 Å². The number of carbonyl (C=O) groups excluding carboxylic acids is 2. The molecular weight excluding hydrogens is 344 g/mol. The van der Waals surface area contributed by atoms with Crippen molar-refractivity contribution >= 4 is 33.4 Å². The first-order chi connectivity index (χ1) is 10.6. The van der Waals surface area contributed by atoms with E-state index in [1.807, 2.05) is 49.4 Å². The lowest BCUT2D eigenvalue weighted by Crippen LogP contribution is -2.28. The zero-order chi connectivity index (χ0) is 15.9. The predicted octanol–water partition coefficient (Wildman–Crippen LogP) is 3.40. The summed E-state index contributed by atoms with van der Waals surface area (Å²) in [6.45, 7) is 2.41. The molecule has 0 saturated heterocycles. The monoisotopic (exact) mass is 360 g/mol. The minimum absolute atomic E-state index is 0.201. The van der Waals surface area contributed by atoms with Crippen molar-refractivity contribution < 1.29 is 9.59 Å². The van der Waals surface area contributed by atoms with Gasteiger partial charge in [-0.05, 0) is 46.1 Å². The molecule has 0 unspecified atom stereocenters. The Labute approximate surface area is 138 Å². The van der Waals surface area contributed by atoms with Gasteiger partial charge in [0.05, 0.1) is 5.69 Å². The summed E-state index contributed by atoms with van der Waals surface area (Å²) in [5, 5.41) is 5.46. The van der Waals surface area contributed by atoms with E-state index < -0.39 is 0 Å². The van der Waals surface area contributed by atoms with Crippen LogP contribution in [-0.4, -0.2) is 11.8 Å². The van der Waals surface area contributed by atoms with Crippen LogP contribution in [0.1, 0.15) is 17.5 Å². The average Bonchev–Trinajstić information content (AvgIpc) is 2.49. The summed E-state index contributed by atoms with van der Waals surface area (Å²) in [5.41, 5.74) is 2.81. The molecule has 0 radical (unpaired) electrons. The summed E-state index contributed by atoms with van der Waals surface area (Å²) >= 11 is 3.35. The standard InChI is InChI=1S/C17H17BrN2O2/c1-12-6-2-3-7-13(12)11-19-16(21)10-17(22)20-15-9-5-4-8-14(15)18/h2-9H,10-11H2,1H3,(H,19,21)(H,20,22). The Balaban J connectivity index is 1.83. The largest absolute Gasteiger partial charge is 0.352 e. The van der Waals surface area contributed by atoms with Gasteiger partial charge in [0.1, 0.15) is 6.42 Å². The van der Waals surface area contributed by atoms with Gasteiger partial charge in [-0.3, -0.25) is 9.59 Å². The van der Waals surface area contributed by atoms with Crippen LogP contribution in [0, 0.1) is 6.92 Å². The molecule has 0 aromatic heterocycles. The topological polar surface area (TPSA) is 58.2 Å². The van der Waals surface area contributed by atoms with E-state index in [1.165, 1.54) is 0 Å². The van der Waals surface area contributed by atoms with E-state index >= 15 is 0 Å². The van der Waals surface area contributed by atoms with E-state index in [1.54, 1.807) is 6.07 Å². The Bertz CT molecular complexity index is 686. The van der Waals surface area contributed by atoms with Gasteiger partial charge >= 0.3 is 0 Å². The maximum Gasteiger partial charge on any atom is 0.233 e. The van der Waals surface area contributed by atoms with E-state index in [4.69, 9.17) is 0 Å². The maximum absolute atomic E-state index is 11.9. The van der Waals surface area contributed by atoms with Crippen LogP contribution in [0.4, 0.5) is 5.69 Å². The van der Waals surface area contributed by atoms with Gasteiger partial charge in [-0.15, -0.1) is 0 Å². The van der Waals surface area contributed by atoms with Crippen LogP contribution >= 0.6 is 15.9 Å². The van der Waals surface area contributed by atoms with Crippen LogP contribution in [0.3, 0.4) is 0 Å². The fourth-order valence-corrected chi connectivity index (χ4v) is 2.35. The molecule has 0 aliphatic heterocycles. The number of rotatable bonds is 5. The van der Waals surface area contributed by atoms with E-state index in [-0.39, 0.29) is 18.2 Å². The zero-order valence-electron chi connectivity index (χ0n) is 12.2. The summed E-state index contributed by atoms with van der Waals surface area (Å²) < 4.78 is 0.781. The minimum atomic E-state index is -0.339. The summed E-state index contributed by atoms with van der Waals surface area (Å²) in [7, 11) is 0. The Hall–Kier alpha value is -2.14. The van der Waals surface area contributed by atoms with Crippen molar-refractivity contribution in [3.8, 4) is 0 Å². The van der Waals surface area contributed by atoms with Gasteiger partial charge in [0.2, 0.25) is 11.8 Å². The van der Waals surface area contributed by atoms with Crippen molar-refractivity contribution in [1.82, 2.24) is 5.32 Å². The summed E-state index contributed by atoms with van der Waals surface area (Å²) in [5.74, 6) is -0.637. The molecule has 22 heavy (non-hydrogen) atoms. The number of hydrogen-bond acceptors (Lipinski definition) is 2. The fraction of sp³-hybridized carbons (Fsp3) is 0.176. The lowest BCUT2D eigenvalue weighted by Gasteiger charge is -2.09. The van der Waals surface area contributed by atoms with Gasteiger partial charge in [0, 0.05) is 11.0 Å². The van der Waals surface area contributed by atoms with Gasteiger partial charge in [-0.25, -0.2) is 0 Å². The van der Waals surface area contributed by atoms with E-state index in [2.05, 4.69) is 26.6 Å². The van der Waals surface area contributed by atoms with Crippen LogP contribution in [0.2, 0.25) is 0 Å². The van der Waals surface area contributed by atoms with Crippen LogP contribution in [-0.2, 0) is 16.1 Å². The Morgan fingerprint density at radius 2 is 1.68 bits per heavy atom. The number of anilines is 1. The molecule has 0 heterocycles. The van der Waals surface area contributed by atoms with Crippen molar-refractivity contribution in [3.05, 3.63) is 64.1 Å². The van der Waals surface area contributed by atoms with E-state index in [0.29, 0.717) is 12.2 Å². The molecule has 114 valence electrons. The second-order valence-electron chi connectivity index (χ2n) is 4.91. The molecule has 0 saturated carbocycles. The number of carbonyl (C=O) groups is 2. The maximum atomic E-state index is 11.9. The number of aryl methyl sites for hydroxylation is 1. The highest BCUT2D eigenvalue weighted by atomic mass is 79.9. The predicted molar refractivity (Wildman–Crippen MR) is 90.4 cm³/mol. The van der Waals surface area contributed by atoms with Crippen LogP contribution in [0.15, 0.2) is 53.0 Å². The highest BCUT2D eigenvalue weighted by Crippen LogP contribution is 2.21. The van der Waals surface area contributed by atoms with Gasteiger partial charge in [0.25, 0.3) is 0 Å². The van der Waals surface area contributed by atoms with Gasteiger partial charge in [-0.1, -0.05) is 36.4 Å². The zero-order valence-corrected chi connectivity index (χ0v) is 13.8. The normalized spacial score (nSPS) is 10.1. The number of nitrogens with one attached hydrogen (secondary N) is 2. The number of benzene rings is 2. The Morgan fingerprint density at radius 1 is 1.00 bits per heavy atom. The molecule has 5 heteroatoms. The molecule has 2 N–H and O–H groups in total. The van der Waals surface area contributed by atoms with Crippen LogP contribution < -0.4 is 10.6 Å². The average molecular weight is 361 g/mol. The molecule has 0 fully saturated rings. The molecule has 0 spiro atoms. The first kappa shape index (κ1) is 16.2. The third-order valence-electron chi connectivity index (χ3n) is 3.21. The first-order valence-corrected chi connectivity index (χ1v) is 7.71. The molecule has 2 aromatic rings. The molecule has 0 aliphatic rings. The van der Waals surface area contributed by atoms with Crippen molar-refractivity contribution in [2.75, 3.05) is 5.32 Å². The molecule has 0 bridgehead atoms. The van der Waals surface area contributed by atoms with Gasteiger partial charge in [0.15, 0.2) is 0 Å². The Kier molecular flexibility index (Phi) is 5.72. The van der Waals surface area contributed by atoms with Crippen molar-refractivity contribution in [1.29, 1.82) is 0 Å². The number of halogens is 1. The summed E-state index contributed by atoms with van der Waals surface area (Å²) in [6.07, 6.45) is -0.201. The molecule has 0 aliphatic carbocycles. The Morgan fingerprint density at radius 3 is 2.41 bits per heavy atom. The number of para-hydroxylation sites is 1. The van der Waals surface area contributed by atoms with E-state index in [0.717, 1.165) is 15.6 Å². The first-order valence-electron chi connectivity index (χ1n) is 6.92. The number of hydrogen-bond donors (Lipinski definition) is 2. The molecule has 2 aromatic carbocycles. The van der Waals surface area contributed by atoms with E-state index in [9.17, 15) is 9.59 Å². The second kappa shape index (κ2) is 7.75. The quantitative estimate of drug-likeness (QED) is 0.802. The SMILES string of the molecule is Cc1ccccc1CNC(=O)CC(=O)Nc1ccccc1Br. The van der Waals surface area contributed by atoms with Gasteiger partial charge in [-0.2, -0.15) is 0 Å². The highest BCUT2D eigenvalue weighted by molar-refractivity contribution is 9.10. The van der Waals surface area contributed by atoms with Crippen molar-refractivity contribution in [2.24, 2.45) is 0 Å². The third kappa shape index (κ3) is 4.70. The lowest BCUT2D eigenvalue weighted by molar-refractivity contribution is -0.126. The minimum Gasteiger partial charge on any atom is -0.352 e. The summed E-state index contributed by atoms with van der Waals surface area (Å²) in [6, 6.07) is 15.1. The molecule has 2 rings (SSSR count). The summed E-state index contributed by atoms with van der Waals surface area (Å²) in [4.78, 5) is 23.7. The molecule has 0 atom stereocenters. The third-order valence-corrected chi connectivity index (χ3v) is 3.90. The number of amides is 2. The molecule has 2 amide bonds.